The van der Waals surface area contributed by atoms with E-state index in [-0.39, 0.29) is 17.9 Å². The minimum atomic E-state index is -0.247. The molecule has 0 radical (unpaired) electrons. The molecule has 1 amide bonds. The number of nitrogens with one attached hydrogen (secondary N) is 1. The molecule has 1 N–H and O–H groups in total. The summed E-state index contributed by atoms with van der Waals surface area (Å²) in [6.07, 6.45) is 4.07. The number of aromatic nitrogens is 3. The first-order valence-electron chi connectivity index (χ1n) is 9.22. The molecule has 1 aliphatic heterocycles. The number of carbonyl (C=O) groups is 1. The van der Waals surface area contributed by atoms with Crippen LogP contribution < -0.4 is 5.32 Å². The van der Waals surface area contributed by atoms with E-state index in [1.54, 1.807) is 6.07 Å². The predicted octanol–water partition coefficient (Wildman–Crippen LogP) is 3.59. The van der Waals surface area contributed by atoms with Gasteiger partial charge in [-0.15, -0.1) is 10.2 Å². The van der Waals surface area contributed by atoms with Gasteiger partial charge in [-0.05, 0) is 50.6 Å². The minimum absolute atomic E-state index is 0.0464. The van der Waals surface area contributed by atoms with Crippen LogP contribution in [0.4, 0.5) is 5.69 Å². The molecule has 2 aromatic heterocycles. The Balaban J connectivity index is 1.47. The number of rotatable bonds is 4. The third-order valence-corrected chi connectivity index (χ3v) is 5.55. The number of amides is 1. The highest BCUT2D eigenvalue weighted by Crippen LogP contribution is 2.28. The van der Waals surface area contributed by atoms with Crippen LogP contribution in [0.2, 0.25) is 5.02 Å². The molecule has 0 aliphatic carbocycles. The Morgan fingerprint density at radius 1 is 1.22 bits per heavy atom. The van der Waals surface area contributed by atoms with E-state index >= 15 is 0 Å². The van der Waals surface area contributed by atoms with Gasteiger partial charge >= 0.3 is 0 Å². The quantitative estimate of drug-likeness (QED) is 0.747. The number of hydrogen-bond acceptors (Lipinski definition) is 4. The normalized spacial score (nSPS) is 19.1. The van der Waals surface area contributed by atoms with Gasteiger partial charge in [-0.1, -0.05) is 29.8 Å². The molecule has 0 unspecified atom stereocenters. The number of piperidine rings is 1. The maximum absolute atomic E-state index is 12.7. The van der Waals surface area contributed by atoms with Gasteiger partial charge in [-0.2, -0.15) is 0 Å². The maximum Gasteiger partial charge on any atom is 0.241 e. The lowest BCUT2D eigenvalue weighted by Crippen LogP contribution is -2.46. The van der Waals surface area contributed by atoms with Crippen molar-refractivity contribution in [3.63, 3.8) is 0 Å². The third-order valence-electron chi connectivity index (χ3n) is 5.22. The number of fused-ring (bicyclic) bond motifs is 1. The molecule has 0 bridgehead atoms. The summed E-state index contributed by atoms with van der Waals surface area (Å²) in [5, 5.41) is 12.2. The molecule has 1 fully saturated rings. The van der Waals surface area contributed by atoms with E-state index in [1.165, 1.54) is 0 Å². The van der Waals surface area contributed by atoms with Gasteiger partial charge in [0.05, 0.1) is 16.8 Å². The largest absolute Gasteiger partial charge is 0.323 e. The summed E-state index contributed by atoms with van der Waals surface area (Å²) in [4.78, 5) is 14.9. The molecule has 1 saturated heterocycles. The number of pyridine rings is 1. The van der Waals surface area contributed by atoms with Gasteiger partial charge in [0.1, 0.15) is 5.82 Å². The van der Waals surface area contributed by atoms with Crippen LogP contribution in [-0.4, -0.2) is 44.5 Å². The summed E-state index contributed by atoms with van der Waals surface area (Å²) in [6, 6.07) is 12.9. The van der Waals surface area contributed by atoms with Gasteiger partial charge in [0.15, 0.2) is 5.65 Å². The second-order valence-corrected chi connectivity index (χ2v) is 7.37. The van der Waals surface area contributed by atoms with Crippen LogP contribution in [0.5, 0.6) is 0 Å². The summed E-state index contributed by atoms with van der Waals surface area (Å²) >= 11 is 6.16. The van der Waals surface area contributed by atoms with Gasteiger partial charge in [0.2, 0.25) is 5.91 Å². The second kappa shape index (κ2) is 7.66. The van der Waals surface area contributed by atoms with Crippen LogP contribution in [0.25, 0.3) is 5.65 Å². The Morgan fingerprint density at radius 3 is 2.89 bits per heavy atom. The number of nitrogens with zero attached hydrogens (tertiary/aromatic N) is 4. The molecular weight excluding hydrogens is 362 g/mol. The molecule has 3 heterocycles. The van der Waals surface area contributed by atoms with Crippen LogP contribution in [0.15, 0.2) is 48.7 Å². The van der Waals surface area contributed by atoms with Crippen LogP contribution in [-0.2, 0) is 4.79 Å². The number of likely N-dealkylation sites (tertiary alicyclic amines) is 1. The third kappa shape index (κ3) is 3.68. The molecule has 0 saturated carbocycles. The molecule has 1 aliphatic rings. The summed E-state index contributed by atoms with van der Waals surface area (Å²) in [5.41, 5.74) is 1.50. The molecule has 7 heteroatoms. The Hall–Kier alpha value is -2.44. The maximum atomic E-state index is 12.7. The van der Waals surface area contributed by atoms with Crippen molar-refractivity contribution < 1.29 is 4.79 Å². The standard InChI is InChI=1S/C20H22ClN5O/c1-14(20(27)22-17-9-3-2-8-16(17)21)25-11-6-7-15(13-25)19-24-23-18-10-4-5-12-26(18)19/h2-5,8-10,12,14-15H,6-7,11,13H2,1H3,(H,22,27)/t14-,15-/m1/s1. The van der Waals surface area contributed by atoms with Crippen LogP contribution in [0, 0.1) is 0 Å². The van der Waals surface area contributed by atoms with Crippen molar-refractivity contribution in [3.8, 4) is 0 Å². The lowest BCUT2D eigenvalue weighted by atomic mass is 9.96. The highest BCUT2D eigenvalue weighted by molar-refractivity contribution is 6.33. The lowest BCUT2D eigenvalue weighted by Gasteiger charge is -2.35. The van der Waals surface area contributed by atoms with E-state index in [1.807, 2.05) is 53.9 Å². The Morgan fingerprint density at radius 2 is 2.04 bits per heavy atom. The zero-order valence-electron chi connectivity index (χ0n) is 15.2. The van der Waals surface area contributed by atoms with Gasteiger partial charge < -0.3 is 5.32 Å². The number of anilines is 1. The van der Waals surface area contributed by atoms with E-state index in [0.717, 1.165) is 37.4 Å². The SMILES string of the molecule is C[C@H](C(=O)Nc1ccccc1Cl)N1CCC[C@@H](c2nnc3ccccn23)C1. The minimum Gasteiger partial charge on any atom is -0.323 e. The van der Waals surface area contributed by atoms with Gasteiger partial charge in [-0.3, -0.25) is 14.1 Å². The average molecular weight is 384 g/mol. The van der Waals surface area contributed by atoms with Crippen LogP contribution in [0.3, 0.4) is 0 Å². The molecule has 4 rings (SSSR count). The molecule has 6 nitrogen and oxygen atoms in total. The number of halogens is 1. The Bertz CT molecular complexity index is 956. The number of benzene rings is 1. The zero-order chi connectivity index (χ0) is 18.8. The molecule has 0 spiro atoms. The smallest absolute Gasteiger partial charge is 0.241 e. The van der Waals surface area contributed by atoms with Crippen LogP contribution >= 0.6 is 11.6 Å². The number of para-hydroxylation sites is 1. The fourth-order valence-corrected chi connectivity index (χ4v) is 3.86. The molecule has 27 heavy (non-hydrogen) atoms. The van der Waals surface area contributed by atoms with E-state index in [9.17, 15) is 4.79 Å². The second-order valence-electron chi connectivity index (χ2n) is 6.97. The van der Waals surface area contributed by atoms with E-state index in [4.69, 9.17) is 11.6 Å². The first kappa shape index (κ1) is 17.9. The lowest BCUT2D eigenvalue weighted by molar-refractivity contribution is -0.121. The van der Waals surface area contributed by atoms with Crippen molar-refractivity contribution in [2.24, 2.45) is 0 Å². The number of hydrogen-bond donors (Lipinski definition) is 1. The average Bonchev–Trinajstić information content (AvgIpc) is 3.13. The number of carbonyl (C=O) groups excluding carboxylic acids is 1. The zero-order valence-corrected chi connectivity index (χ0v) is 15.9. The van der Waals surface area contributed by atoms with Crippen LogP contribution in [0.1, 0.15) is 31.5 Å². The summed E-state index contributed by atoms with van der Waals surface area (Å²) in [7, 11) is 0. The molecular formula is C20H22ClN5O. The Labute approximate surface area is 163 Å². The molecule has 3 aromatic rings. The fraction of sp³-hybridized carbons (Fsp3) is 0.350. The summed E-state index contributed by atoms with van der Waals surface area (Å²) in [6.45, 7) is 3.62. The van der Waals surface area contributed by atoms with Gasteiger partial charge in [0.25, 0.3) is 0 Å². The topological polar surface area (TPSA) is 62.5 Å². The first-order valence-corrected chi connectivity index (χ1v) is 9.60. The van der Waals surface area contributed by atoms with Gasteiger partial charge in [-0.25, -0.2) is 0 Å². The highest BCUT2D eigenvalue weighted by Gasteiger charge is 2.30. The fourth-order valence-electron chi connectivity index (χ4n) is 3.67. The van der Waals surface area contributed by atoms with E-state index < -0.39 is 0 Å². The molecule has 2 atom stereocenters. The Kier molecular flexibility index (Phi) is 5.09. The van der Waals surface area contributed by atoms with E-state index in [0.29, 0.717) is 10.7 Å². The van der Waals surface area contributed by atoms with Gasteiger partial charge in [0, 0.05) is 18.7 Å². The molecule has 140 valence electrons. The van der Waals surface area contributed by atoms with Crippen molar-refractivity contribution in [2.75, 3.05) is 18.4 Å². The first-order chi connectivity index (χ1) is 13.1. The highest BCUT2D eigenvalue weighted by atomic mass is 35.5. The van der Waals surface area contributed by atoms with Crippen molar-refractivity contribution >= 4 is 28.8 Å². The molecule has 1 aromatic carbocycles. The van der Waals surface area contributed by atoms with Crippen molar-refractivity contribution in [2.45, 2.75) is 31.7 Å². The van der Waals surface area contributed by atoms with Crippen molar-refractivity contribution in [3.05, 3.63) is 59.5 Å². The summed E-state index contributed by atoms with van der Waals surface area (Å²) in [5.74, 6) is 1.18. The van der Waals surface area contributed by atoms with Crippen molar-refractivity contribution in [1.29, 1.82) is 0 Å². The summed E-state index contributed by atoms with van der Waals surface area (Å²) < 4.78 is 2.04. The predicted molar refractivity (Wildman–Crippen MR) is 106 cm³/mol. The van der Waals surface area contributed by atoms with E-state index in [2.05, 4.69) is 20.4 Å². The monoisotopic (exact) mass is 383 g/mol. The van der Waals surface area contributed by atoms with Crippen molar-refractivity contribution in [1.82, 2.24) is 19.5 Å².